The van der Waals surface area contributed by atoms with Crippen molar-refractivity contribution in [2.75, 3.05) is 50.7 Å². The Morgan fingerprint density at radius 2 is 0.928 bits per heavy atom. The second-order valence-electron chi connectivity index (χ2n) is 24.2. The van der Waals surface area contributed by atoms with Crippen LogP contribution in [0.15, 0.2) is 48.8 Å². The number of hydrogen-bond donors (Lipinski definition) is 6. The molecule has 6 N–H and O–H groups in total. The lowest BCUT2D eigenvalue weighted by Crippen LogP contribution is -2.48. The maximum atomic E-state index is 14.2. The number of nitrogens with zero attached hydrogens (tertiary/aromatic N) is 6. The van der Waals surface area contributed by atoms with Crippen molar-refractivity contribution >= 4 is 69.8 Å². The van der Waals surface area contributed by atoms with Gasteiger partial charge in [0.05, 0.1) is 50.1 Å². The number of carbonyl (C=O) groups excluding carboxylic acids is 8. The number of amides is 8. The van der Waals surface area contributed by atoms with Gasteiger partial charge in [-0.25, -0.2) is 18.1 Å². The number of rotatable bonds is 31. The Hall–Kier alpha value is -7.65. The molecule has 4 aliphatic heterocycles. The van der Waals surface area contributed by atoms with E-state index in [1.165, 1.54) is 29.4 Å². The summed E-state index contributed by atoms with van der Waals surface area (Å²) in [5.74, 6) is 2.52. The number of hydrogen-bond acceptors (Lipinski definition) is 20. The van der Waals surface area contributed by atoms with Crippen molar-refractivity contribution in [1.29, 1.82) is 0 Å². The van der Waals surface area contributed by atoms with E-state index in [1.807, 2.05) is 13.8 Å². The molecule has 97 heavy (non-hydrogen) atoms. The van der Waals surface area contributed by atoms with Crippen LogP contribution in [-0.4, -0.2) is 156 Å². The third-order valence-electron chi connectivity index (χ3n) is 16.4. The van der Waals surface area contributed by atoms with Gasteiger partial charge in [0.25, 0.3) is 47.3 Å². The van der Waals surface area contributed by atoms with E-state index in [0.29, 0.717) is 87.5 Å². The Kier molecular flexibility index (Phi) is 33.1. The quantitative estimate of drug-likeness (QED) is 0.0117. The molecule has 2 aliphatic carbocycles. The van der Waals surface area contributed by atoms with E-state index < -0.39 is 64.8 Å². The van der Waals surface area contributed by atoms with Crippen LogP contribution >= 0.6 is 22.6 Å². The molecule has 29 heteroatoms. The summed E-state index contributed by atoms with van der Waals surface area (Å²) in [6.45, 7) is 4.84. The van der Waals surface area contributed by atoms with Crippen LogP contribution in [0.4, 0.5) is 8.78 Å². The molecule has 2 aromatic heterocycles. The maximum Gasteiger partial charge on any atom is 0.255 e. The number of halogens is 3. The average molecular weight is 1470 g/mol. The summed E-state index contributed by atoms with van der Waals surface area (Å²) < 4.78 is 64.5. The predicted molar refractivity (Wildman–Crippen MR) is 354 cm³/mol. The van der Waals surface area contributed by atoms with Gasteiger partial charge in [0.1, 0.15) is 62.5 Å². The zero-order valence-electron chi connectivity index (χ0n) is 55.0. The Balaban J connectivity index is 0.000000219. The van der Waals surface area contributed by atoms with Crippen LogP contribution in [-0.2, 0) is 94.4 Å². The number of unbranched alkanes of at least 4 members (excludes halogenated alkanes) is 6. The van der Waals surface area contributed by atoms with E-state index in [1.54, 1.807) is 46.0 Å². The maximum absolute atomic E-state index is 14.2. The molecular formula is C68H89F2IN10O16. The van der Waals surface area contributed by atoms with Crippen LogP contribution in [0, 0.1) is 48.2 Å². The first-order valence-corrected chi connectivity index (χ1v) is 34.5. The number of morpholine rings is 4. The molecule has 0 radical (unpaired) electrons. The zero-order valence-corrected chi connectivity index (χ0v) is 57.2. The van der Waals surface area contributed by atoms with Crippen LogP contribution in [0.5, 0.6) is 11.5 Å². The molecule has 4 saturated heterocycles. The molecule has 2 aromatic carbocycles. The molecule has 3 unspecified atom stereocenters. The number of nitrogens with one attached hydrogen (secondary N) is 4. The fraction of sp³-hybridized carbons (Fsp3) is 0.588. The van der Waals surface area contributed by atoms with Crippen molar-refractivity contribution in [1.82, 2.24) is 51.3 Å². The van der Waals surface area contributed by atoms with Gasteiger partial charge in [0, 0.05) is 12.8 Å². The summed E-state index contributed by atoms with van der Waals surface area (Å²) in [6.07, 6.45) is 28.7. The van der Waals surface area contributed by atoms with Crippen LogP contribution in [0.25, 0.3) is 0 Å². The highest BCUT2D eigenvalue weighted by Crippen LogP contribution is 2.36. The highest BCUT2D eigenvalue weighted by molar-refractivity contribution is 14.1. The fourth-order valence-corrected chi connectivity index (χ4v) is 10.6. The van der Waals surface area contributed by atoms with Gasteiger partial charge in [0.2, 0.25) is 0 Å². The van der Waals surface area contributed by atoms with Crippen molar-refractivity contribution in [3.05, 3.63) is 82.9 Å². The monoisotopic (exact) mass is 1470 g/mol. The Morgan fingerprint density at radius 1 is 0.557 bits per heavy atom. The Bertz CT molecular complexity index is 3170. The Labute approximate surface area is 577 Å². The molecule has 0 spiro atoms. The summed E-state index contributed by atoms with van der Waals surface area (Å²) in [5, 5.41) is 48.0. The van der Waals surface area contributed by atoms with Gasteiger partial charge in [-0.05, 0) is 174 Å². The van der Waals surface area contributed by atoms with Crippen molar-refractivity contribution in [3.8, 4) is 36.2 Å². The van der Waals surface area contributed by atoms with Gasteiger partial charge in [0.15, 0.2) is 23.1 Å². The standard InChI is InChI=1S/2C24H31FN4O5.C10H13NO3.C6H9I.C4H5NO3/c2*1-2-24(32,17-9-10-19(25)21(11-17)33-13-16-7-8-16)15-29-18(12-26-28-29)5-3-4-6-20-23(31)27-22(30)14-34-20;1-2-3-4-5-6-8-10(13)11-9(12)7-14-8;1-2-3-4-5-6-7;6-3-1-8-2-4(7)5-3/h2*9-12,16,20,32H,2-8,13-15H2,1H3,(H,27,30,31);1,8H,3-7H2,(H,11,12,13);1H,3-6H2;1-2H2,(H,5,6,7)/t2*20?,24-;;;/m11.../s1. The lowest BCUT2D eigenvalue weighted by atomic mass is 9.90. The molecule has 26 nitrogen and oxygen atoms in total. The number of aliphatic hydroxyl groups is 2. The molecule has 528 valence electrons. The minimum Gasteiger partial charge on any atom is -0.490 e. The number of carbonyl (C=O) groups is 8. The molecule has 8 amide bonds. The normalized spacial score (nSPS) is 19.5. The number of aryl methyl sites for hydroxylation is 2. The van der Waals surface area contributed by atoms with Gasteiger partial charge in [-0.1, -0.05) is 59.0 Å². The smallest absolute Gasteiger partial charge is 0.255 e. The molecule has 10 rings (SSSR count). The van der Waals surface area contributed by atoms with E-state index in [2.05, 4.69) is 81.1 Å². The SMILES string of the molecule is C#CCCCCC1OCC(=O)NC1=O.C#CCCCCI.CC[C@@](O)(Cn1nncc1CCCCC1OCC(=O)NC1=O)c1ccc(F)c(OCC2CC2)c1.CC[C@@](O)(Cn1nncc1CCCCC1OCC(=O)NC1=O)c1ccc(F)c(OCC2CC2)c1.O=C1COCC(=O)N1. The van der Waals surface area contributed by atoms with E-state index in [9.17, 15) is 57.4 Å². The van der Waals surface area contributed by atoms with Gasteiger partial charge in [-0.15, -0.1) is 34.9 Å². The van der Waals surface area contributed by atoms with Crippen LogP contribution in [0.1, 0.15) is 158 Å². The van der Waals surface area contributed by atoms with Crippen molar-refractivity contribution in [3.63, 3.8) is 0 Å². The number of imide groups is 4. The van der Waals surface area contributed by atoms with E-state index in [4.69, 9.17) is 36.5 Å². The van der Waals surface area contributed by atoms with Crippen molar-refractivity contribution < 1.29 is 85.8 Å². The molecule has 6 aliphatic rings. The van der Waals surface area contributed by atoms with Crippen molar-refractivity contribution in [2.24, 2.45) is 11.8 Å². The molecule has 6 fully saturated rings. The summed E-state index contributed by atoms with van der Waals surface area (Å²) in [7, 11) is 0. The summed E-state index contributed by atoms with van der Waals surface area (Å²) in [4.78, 5) is 88.2. The highest BCUT2D eigenvalue weighted by atomic mass is 127. The minimum absolute atomic E-state index is 0.00569. The number of aromatic nitrogens is 6. The van der Waals surface area contributed by atoms with Crippen LogP contribution in [0.3, 0.4) is 0 Å². The first-order chi connectivity index (χ1) is 46.7. The van der Waals surface area contributed by atoms with E-state index in [-0.39, 0.29) is 81.3 Å². The topological polar surface area (TPSA) is 342 Å². The average Bonchev–Trinajstić information content (AvgIpc) is 1.80. The number of alkyl halides is 1. The number of benzene rings is 2. The second-order valence-corrected chi connectivity index (χ2v) is 25.3. The van der Waals surface area contributed by atoms with Gasteiger partial charge in [-0.3, -0.25) is 59.6 Å². The van der Waals surface area contributed by atoms with Gasteiger partial charge < -0.3 is 38.6 Å². The van der Waals surface area contributed by atoms with Gasteiger partial charge in [-0.2, -0.15) is 0 Å². The van der Waals surface area contributed by atoms with Crippen LogP contribution < -0.4 is 30.7 Å². The van der Waals surface area contributed by atoms with E-state index >= 15 is 0 Å². The molecule has 4 aromatic rings. The second kappa shape index (κ2) is 40.9. The lowest BCUT2D eigenvalue weighted by molar-refractivity contribution is -0.151. The minimum atomic E-state index is -1.27. The third-order valence-corrected chi connectivity index (χ3v) is 17.1. The number of terminal acetylenes is 2. The first-order valence-electron chi connectivity index (χ1n) is 32.9. The number of ether oxygens (including phenoxy) is 6. The third kappa shape index (κ3) is 27.3. The fourth-order valence-electron chi connectivity index (χ4n) is 10.1. The molecule has 2 saturated carbocycles. The molecule has 6 heterocycles. The largest absolute Gasteiger partial charge is 0.490 e. The molecular weight excluding hydrogens is 1380 g/mol. The molecule has 5 atom stereocenters. The Morgan fingerprint density at radius 3 is 1.26 bits per heavy atom. The lowest BCUT2D eigenvalue weighted by Gasteiger charge is -2.28. The highest BCUT2D eigenvalue weighted by Gasteiger charge is 2.34. The van der Waals surface area contributed by atoms with Gasteiger partial charge >= 0.3 is 0 Å². The van der Waals surface area contributed by atoms with Crippen LogP contribution in [0.2, 0.25) is 0 Å². The van der Waals surface area contributed by atoms with Crippen molar-refractivity contribution in [2.45, 2.75) is 191 Å². The summed E-state index contributed by atoms with van der Waals surface area (Å²) >= 11 is 2.36. The summed E-state index contributed by atoms with van der Waals surface area (Å²) in [5.41, 5.74) is 0.298. The molecule has 0 bridgehead atoms. The summed E-state index contributed by atoms with van der Waals surface area (Å²) in [6, 6.07) is 8.99. The zero-order chi connectivity index (χ0) is 70.2. The first kappa shape index (κ1) is 78.3. The van der Waals surface area contributed by atoms with E-state index in [0.717, 1.165) is 82.0 Å². The predicted octanol–water partition coefficient (Wildman–Crippen LogP) is 5.62.